The summed E-state index contributed by atoms with van der Waals surface area (Å²) in [4.78, 5) is 30.4. The van der Waals surface area contributed by atoms with Crippen LogP contribution >= 0.6 is 11.6 Å². The molecule has 0 unspecified atom stereocenters. The van der Waals surface area contributed by atoms with Crippen molar-refractivity contribution in [2.24, 2.45) is 0 Å². The zero-order valence-electron chi connectivity index (χ0n) is 16.0. The van der Waals surface area contributed by atoms with Crippen LogP contribution in [0.2, 0.25) is 5.02 Å². The summed E-state index contributed by atoms with van der Waals surface area (Å²) < 4.78 is 0. The Kier molecular flexibility index (Phi) is 6.96. The normalized spacial score (nSPS) is 20.7. The van der Waals surface area contributed by atoms with E-state index in [1.54, 1.807) is 4.90 Å². The first-order chi connectivity index (χ1) is 13.0. The molecule has 0 aliphatic carbocycles. The molecular weight excluding hydrogens is 364 g/mol. The maximum atomic E-state index is 12.3. The zero-order valence-corrected chi connectivity index (χ0v) is 16.7. The van der Waals surface area contributed by atoms with Crippen molar-refractivity contribution in [2.75, 3.05) is 50.7 Å². The van der Waals surface area contributed by atoms with Crippen molar-refractivity contribution in [1.82, 2.24) is 15.1 Å². The summed E-state index contributed by atoms with van der Waals surface area (Å²) >= 11 is 6.08. The number of hydrogen-bond acceptors (Lipinski definition) is 4. The Morgan fingerprint density at radius 3 is 2.67 bits per heavy atom. The van der Waals surface area contributed by atoms with Crippen LogP contribution in [0, 0.1) is 0 Å². The van der Waals surface area contributed by atoms with Gasteiger partial charge in [-0.25, -0.2) is 0 Å². The van der Waals surface area contributed by atoms with E-state index in [0.717, 1.165) is 57.0 Å². The van der Waals surface area contributed by atoms with Crippen LogP contribution in [0.1, 0.15) is 26.2 Å². The molecule has 1 N–H and O–H groups in total. The van der Waals surface area contributed by atoms with E-state index in [2.05, 4.69) is 21.2 Å². The second kappa shape index (κ2) is 9.42. The molecule has 2 amide bonds. The molecule has 148 valence electrons. The molecule has 0 radical (unpaired) electrons. The molecule has 0 spiro atoms. The van der Waals surface area contributed by atoms with Gasteiger partial charge in [0.1, 0.15) is 6.04 Å². The van der Waals surface area contributed by atoms with Gasteiger partial charge >= 0.3 is 0 Å². The average Bonchev–Trinajstić information content (AvgIpc) is 3.16. The largest absolute Gasteiger partial charge is 0.369 e. The summed E-state index contributed by atoms with van der Waals surface area (Å²) in [6.45, 7) is 7.88. The van der Waals surface area contributed by atoms with E-state index in [-0.39, 0.29) is 17.9 Å². The topological polar surface area (TPSA) is 55.9 Å². The fourth-order valence-electron chi connectivity index (χ4n) is 3.95. The summed E-state index contributed by atoms with van der Waals surface area (Å²) in [7, 11) is 0. The first kappa shape index (κ1) is 20.0. The lowest BCUT2D eigenvalue weighted by molar-refractivity contribution is -0.136. The maximum absolute atomic E-state index is 12.3. The van der Waals surface area contributed by atoms with Gasteiger partial charge in [-0.2, -0.15) is 0 Å². The predicted molar refractivity (Wildman–Crippen MR) is 108 cm³/mol. The quantitative estimate of drug-likeness (QED) is 0.752. The van der Waals surface area contributed by atoms with Crippen molar-refractivity contribution in [2.45, 2.75) is 32.2 Å². The monoisotopic (exact) mass is 392 g/mol. The lowest BCUT2D eigenvalue weighted by atomic mass is 10.2. The van der Waals surface area contributed by atoms with Gasteiger partial charge in [-0.05, 0) is 44.0 Å². The third-order valence-corrected chi connectivity index (χ3v) is 5.69. The molecule has 0 aromatic heterocycles. The van der Waals surface area contributed by atoms with Crippen LogP contribution in [0.5, 0.6) is 0 Å². The van der Waals surface area contributed by atoms with Crippen molar-refractivity contribution in [3.8, 4) is 0 Å². The van der Waals surface area contributed by atoms with Crippen LogP contribution in [0.15, 0.2) is 24.3 Å². The molecule has 7 heteroatoms. The number of piperazine rings is 1. The second-order valence-corrected chi connectivity index (χ2v) is 7.76. The minimum absolute atomic E-state index is 0.00604. The van der Waals surface area contributed by atoms with E-state index in [9.17, 15) is 9.59 Å². The van der Waals surface area contributed by atoms with E-state index in [0.29, 0.717) is 13.1 Å². The molecule has 2 aliphatic rings. The molecule has 0 bridgehead atoms. The molecule has 0 saturated carbocycles. The van der Waals surface area contributed by atoms with Crippen molar-refractivity contribution in [3.63, 3.8) is 0 Å². The Labute approximate surface area is 166 Å². The number of amides is 2. The number of carbonyl (C=O) groups is 2. The first-order valence-electron chi connectivity index (χ1n) is 9.82. The van der Waals surface area contributed by atoms with Gasteiger partial charge in [0.05, 0.1) is 0 Å². The number of nitrogens with one attached hydrogen (secondary N) is 1. The van der Waals surface area contributed by atoms with E-state index >= 15 is 0 Å². The van der Waals surface area contributed by atoms with E-state index < -0.39 is 0 Å². The second-order valence-electron chi connectivity index (χ2n) is 7.32. The number of rotatable bonds is 6. The smallest absolute Gasteiger partial charge is 0.242 e. The minimum Gasteiger partial charge on any atom is -0.369 e. The van der Waals surface area contributed by atoms with Crippen LogP contribution in [-0.4, -0.2) is 73.5 Å². The number of hydrogen-bond donors (Lipinski definition) is 1. The SMILES string of the molecule is CC(=O)N1CCC[C@H]1C(=O)NCCCN1CCN(c2cccc(Cl)c2)CC1. The Morgan fingerprint density at radius 2 is 1.96 bits per heavy atom. The van der Waals surface area contributed by atoms with Gasteiger partial charge in [0.15, 0.2) is 0 Å². The summed E-state index contributed by atoms with van der Waals surface area (Å²) in [5.74, 6) is -0.0151. The van der Waals surface area contributed by atoms with Gasteiger partial charge in [0.25, 0.3) is 0 Å². The molecule has 2 saturated heterocycles. The Hall–Kier alpha value is -1.79. The average molecular weight is 393 g/mol. The van der Waals surface area contributed by atoms with Crippen LogP contribution < -0.4 is 10.2 Å². The predicted octanol–water partition coefficient (Wildman–Crippen LogP) is 1.98. The summed E-state index contributed by atoms with van der Waals surface area (Å²) in [5.41, 5.74) is 1.18. The highest BCUT2D eigenvalue weighted by Gasteiger charge is 2.31. The van der Waals surface area contributed by atoms with Crippen molar-refractivity contribution < 1.29 is 9.59 Å². The number of halogens is 1. The molecule has 6 nitrogen and oxygen atoms in total. The molecule has 1 atom stereocenters. The van der Waals surface area contributed by atoms with Gasteiger partial charge in [-0.3, -0.25) is 14.5 Å². The third-order valence-electron chi connectivity index (χ3n) is 5.46. The number of nitrogens with zero attached hydrogens (tertiary/aromatic N) is 3. The number of anilines is 1. The van der Waals surface area contributed by atoms with Crippen LogP contribution in [0.25, 0.3) is 0 Å². The van der Waals surface area contributed by atoms with Crippen molar-refractivity contribution in [3.05, 3.63) is 29.3 Å². The fourth-order valence-corrected chi connectivity index (χ4v) is 4.14. The highest BCUT2D eigenvalue weighted by molar-refractivity contribution is 6.30. The Balaban J connectivity index is 1.34. The standard InChI is InChI=1S/C20H29ClN4O2/c1-16(26)25-10-3-7-19(25)20(27)22-8-4-9-23-11-13-24(14-12-23)18-6-2-5-17(21)15-18/h2,5-6,15,19H,3-4,7-14H2,1H3,(H,22,27)/t19-/m0/s1. The molecule has 27 heavy (non-hydrogen) atoms. The number of carbonyl (C=O) groups excluding carboxylic acids is 2. The molecule has 1 aromatic rings. The van der Waals surface area contributed by atoms with E-state index in [1.165, 1.54) is 12.6 Å². The lowest BCUT2D eigenvalue weighted by Crippen LogP contribution is -2.48. The minimum atomic E-state index is -0.274. The molecule has 3 rings (SSSR count). The summed E-state index contributed by atoms with van der Waals surface area (Å²) in [5, 5.41) is 3.78. The molecule has 1 aromatic carbocycles. The summed E-state index contributed by atoms with van der Waals surface area (Å²) in [6.07, 6.45) is 2.61. The zero-order chi connectivity index (χ0) is 19.2. The Bertz CT molecular complexity index is 661. The fraction of sp³-hybridized carbons (Fsp3) is 0.600. The highest BCUT2D eigenvalue weighted by Crippen LogP contribution is 2.21. The molecule has 2 aliphatic heterocycles. The van der Waals surface area contributed by atoms with E-state index in [1.807, 2.05) is 18.2 Å². The number of benzene rings is 1. The number of likely N-dealkylation sites (tertiary alicyclic amines) is 1. The van der Waals surface area contributed by atoms with Crippen molar-refractivity contribution >= 4 is 29.1 Å². The van der Waals surface area contributed by atoms with Crippen LogP contribution in [0.3, 0.4) is 0 Å². The van der Waals surface area contributed by atoms with Crippen LogP contribution in [0.4, 0.5) is 5.69 Å². The highest BCUT2D eigenvalue weighted by atomic mass is 35.5. The van der Waals surface area contributed by atoms with Crippen LogP contribution in [-0.2, 0) is 9.59 Å². The first-order valence-corrected chi connectivity index (χ1v) is 10.2. The Morgan fingerprint density at radius 1 is 1.19 bits per heavy atom. The van der Waals surface area contributed by atoms with E-state index in [4.69, 9.17) is 11.6 Å². The third kappa shape index (κ3) is 5.36. The molecular formula is C20H29ClN4O2. The van der Waals surface area contributed by atoms with Gasteiger partial charge in [-0.1, -0.05) is 17.7 Å². The van der Waals surface area contributed by atoms with Gasteiger partial charge < -0.3 is 15.1 Å². The van der Waals surface area contributed by atoms with Crippen molar-refractivity contribution in [1.29, 1.82) is 0 Å². The van der Waals surface area contributed by atoms with Gasteiger partial charge in [-0.15, -0.1) is 0 Å². The summed E-state index contributed by atoms with van der Waals surface area (Å²) in [6, 6.07) is 7.73. The maximum Gasteiger partial charge on any atom is 0.242 e. The van der Waals surface area contributed by atoms with Gasteiger partial charge in [0.2, 0.25) is 11.8 Å². The molecule has 2 fully saturated rings. The lowest BCUT2D eigenvalue weighted by Gasteiger charge is -2.36. The van der Waals surface area contributed by atoms with Gasteiger partial charge in [0, 0.05) is 56.9 Å². The molecule has 2 heterocycles.